The number of amides is 4. The van der Waals surface area contributed by atoms with E-state index in [0.29, 0.717) is 19.3 Å². The minimum atomic E-state index is -3.15. The lowest BCUT2D eigenvalue weighted by molar-refractivity contribution is -0.140. The van der Waals surface area contributed by atoms with Crippen LogP contribution in [0.1, 0.15) is 38.2 Å². The summed E-state index contributed by atoms with van der Waals surface area (Å²) in [7, 11) is -1.56. The third kappa shape index (κ3) is 4.60. The number of benzene rings is 1. The van der Waals surface area contributed by atoms with Crippen LogP contribution in [0.15, 0.2) is 24.3 Å². The average molecular weight is 464 g/mol. The van der Waals surface area contributed by atoms with Gasteiger partial charge in [0.1, 0.15) is 17.8 Å². The molecule has 4 amide bonds. The first-order valence-electron chi connectivity index (χ1n) is 10.9. The summed E-state index contributed by atoms with van der Waals surface area (Å²) in [5.74, 6) is -0.0304. The second-order valence-electron chi connectivity index (χ2n) is 9.09. The highest BCUT2D eigenvalue weighted by atomic mass is 32.2. The maximum absolute atomic E-state index is 13.1. The largest absolute Gasteiger partial charge is 0.497 e. The zero-order chi connectivity index (χ0) is 23.1. The third-order valence-corrected chi connectivity index (χ3v) is 8.29. The number of urea groups is 1. The quantitative estimate of drug-likeness (QED) is 0.578. The molecule has 2 aliphatic heterocycles. The molecule has 10 heteroatoms. The number of methoxy groups -OCH3 is 1. The molecule has 2 saturated heterocycles. The van der Waals surface area contributed by atoms with Crippen molar-refractivity contribution in [3.05, 3.63) is 29.8 Å². The first-order chi connectivity index (χ1) is 15.1. The van der Waals surface area contributed by atoms with Gasteiger partial charge in [-0.2, -0.15) is 0 Å². The average Bonchev–Trinajstić information content (AvgIpc) is 3.48. The Bertz CT molecular complexity index is 1020. The molecule has 0 spiro atoms. The summed E-state index contributed by atoms with van der Waals surface area (Å²) in [6.45, 7) is 1.30. The predicted octanol–water partition coefficient (Wildman–Crippen LogP) is 1.12. The van der Waals surface area contributed by atoms with Gasteiger partial charge in [0.05, 0.1) is 18.6 Å². The van der Waals surface area contributed by atoms with Gasteiger partial charge >= 0.3 is 6.03 Å². The van der Waals surface area contributed by atoms with Crippen LogP contribution in [0.4, 0.5) is 4.79 Å². The summed E-state index contributed by atoms with van der Waals surface area (Å²) < 4.78 is 28.9. The van der Waals surface area contributed by atoms with Gasteiger partial charge in [-0.3, -0.25) is 14.5 Å². The highest BCUT2D eigenvalue weighted by molar-refractivity contribution is 7.91. The smallest absolute Gasteiger partial charge is 0.325 e. The van der Waals surface area contributed by atoms with E-state index in [1.165, 1.54) is 0 Å². The van der Waals surface area contributed by atoms with E-state index >= 15 is 0 Å². The fourth-order valence-corrected chi connectivity index (χ4v) is 6.23. The predicted molar refractivity (Wildman–Crippen MR) is 117 cm³/mol. The molecule has 32 heavy (non-hydrogen) atoms. The van der Waals surface area contributed by atoms with E-state index in [1.54, 1.807) is 18.9 Å². The first-order valence-corrected chi connectivity index (χ1v) is 12.7. The number of sulfone groups is 1. The number of ether oxygens (including phenoxy) is 1. The lowest BCUT2D eigenvalue weighted by atomic mass is 9.93. The van der Waals surface area contributed by atoms with E-state index in [2.05, 4.69) is 5.32 Å². The Morgan fingerprint density at radius 2 is 1.88 bits per heavy atom. The molecule has 3 fully saturated rings. The number of hydrogen-bond donors (Lipinski definition) is 1. The minimum Gasteiger partial charge on any atom is -0.497 e. The van der Waals surface area contributed by atoms with Gasteiger partial charge in [0, 0.05) is 12.1 Å². The topological polar surface area (TPSA) is 113 Å². The Morgan fingerprint density at radius 1 is 1.19 bits per heavy atom. The van der Waals surface area contributed by atoms with Crippen molar-refractivity contribution in [2.24, 2.45) is 0 Å². The van der Waals surface area contributed by atoms with E-state index in [-0.39, 0.29) is 36.0 Å². The second kappa shape index (κ2) is 8.38. The molecule has 1 aromatic rings. The number of imide groups is 1. The zero-order valence-corrected chi connectivity index (χ0v) is 19.2. The summed E-state index contributed by atoms with van der Waals surface area (Å²) in [4.78, 5) is 41.3. The molecule has 1 N–H and O–H groups in total. The molecule has 9 nitrogen and oxygen atoms in total. The normalized spacial score (nSPS) is 26.8. The van der Waals surface area contributed by atoms with Crippen LogP contribution in [0.25, 0.3) is 0 Å². The molecule has 4 rings (SSSR count). The summed E-state index contributed by atoms with van der Waals surface area (Å²) >= 11 is 0. The van der Waals surface area contributed by atoms with Crippen molar-refractivity contribution in [2.75, 3.05) is 25.2 Å². The van der Waals surface area contributed by atoms with Crippen molar-refractivity contribution >= 4 is 27.7 Å². The van der Waals surface area contributed by atoms with Crippen LogP contribution in [-0.4, -0.2) is 78.8 Å². The number of nitrogens with one attached hydrogen (secondary N) is 1. The van der Waals surface area contributed by atoms with E-state index in [0.717, 1.165) is 29.1 Å². The molecular weight excluding hydrogens is 434 g/mol. The van der Waals surface area contributed by atoms with Crippen LogP contribution < -0.4 is 10.1 Å². The van der Waals surface area contributed by atoms with E-state index in [1.807, 2.05) is 24.3 Å². The summed E-state index contributed by atoms with van der Waals surface area (Å²) in [5, 5.41) is 2.74. The molecule has 3 aliphatic rings. The van der Waals surface area contributed by atoms with Crippen LogP contribution in [0, 0.1) is 0 Å². The van der Waals surface area contributed by atoms with Crippen molar-refractivity contribution < 1.29 is 27.5 Å². The maximum Gasteiger partial charge on any atom is 0.325 e. The third-order valence-electron chi connectivity index (χ3n) is 6.54. The Labute approximate surface area is 188 Å². The van der Waals surface area contributed by atoms with E-state index in [4.69, 9.17) is 4.74 Å². The number of rotatable bonds is 8. The molecule has 174 valence electrons. The number of aryl methyl sites for hydroxylation is 1. The Hall–Kier alpha value is -2.62. The zero-order valence-electron chi connectivity index (χ0n) is 18.4. The van der Waals surface area contributed by atoms with Gasteiger partial charge in [-0.25, -0.2) is 13.2 Å². The number of nitrogens with zero attached hydrogens (tertiary/aromatic N) is 2. The molecule has 1 aliphatic carbocycles. The van der Waals surface area contributed by atoms with Crippen molar-refractivity contribution in [3.63, 3.8) is 0 Å². The number of carbonyl (C=O) groups is 3. The van der Waals surface area contributed by atoms with Gasteiger partial charge in [-0.05, 0) is 56.7 Å². The minimum absolute atomic E-state index is 0.00280. The van der Waals surface area contributed by atoms with Crippen molar-refractivity contribution in [2.45, 2.75) is 56.7 Å². The van der Waals surface area contributed by atoms with Crippen molar-refractivity contribution in [1.29, 1.82) is 0 Å². The van der Waals surface area contributed by atoms with Crippen LogP contribution >= 0.6 is 0 Å². The van der Waals surface area contributed by atoms with Gasteiger partial charge in [0.2, 0.25) is 5.91 Å². The van der Waals surface area contributed by atoms with Crippen molar-refractivity contribution in [1.82, 2.24) is 15.1 Å². The van der Waals surface area contributed by atoms with E-state index < -0.39 is 27.3 Å². The van der Waals surface area contributed by atoms with Gasteiger partial charge in [0.25, 0.3) is 5.91 Å². The molecule has 0 unspecified atom stereocenters. The Kier molecular flexibility index (Phi) is 5.91. The molecule has 0 radical (unpaired) electrons. The van der Waals surface area contributed by atoms with Crippen LogP contribution in [0.3, 0.4) is 0 Å². The fraction of sp³-hybridized carbons (Fsp3) is 0.591. The molecule has 0 aromatic heterocycles. The molecule has 2 heterocycles. The highest BCUT2D eigenvalue weighted by Gasteiger charge is 2.49. The van der Waals surface area contributed by atoms with Crippen LogP contribution in [-0.2, 0) is 25.8 Å². The van der Waals surface area contributed by atoms with Crippen LogP contribution in [0.2, 0.25) is 0 Å². The van der Waals surface area contributed by atoms with Gasteiger partial charge in [-0.1, -0.05) is 12.1 Å². The Morgan fingerprint density at radius 3 is 2.44 bits per heavy atom. The van der Waals surface area contributed by atoms with Gasteiger partial charge < -0.3 is 15.0 Å². The first kappa shape index (κ1) is 22.6. The molecule has 2 atom stereocenters. The maximum atomic E-state index is 13.1. The van der Waals surface area contributed by atoms with Gasteiger partial charge in [0.15, 0.2) is 9.84 Å². The molecule has 1 aromatic carbocycles. The SMILES string of the molecule is COc1ccc(CC[C@]2(C)NC(=O)N(CC(=O)N(C3CC3)[C@@H]3CCS(=O)(=O)C3)C2=O)cc1. The van der Waals surface area contributed by atoms with E-state index in [9.17, 15) is 22.8 Å². The number of carbonyl (C=O) groups excluding carboxylic acids is 3. The summed E-state index contributed by atoms with van der Waals surface area (Å²) in [6, 6.07) is 6.54. The monoisotopic (exact) mass is 463 g/mol. The highest BCUT2D eigenvalue weighted by Crippen LogP contribution is 2.33. The van der Waals surface area contributed by atoms with Gasteiger partial charge in [-0.15, -0.1) is 0 Å². The fourth-order valence-electron chi connectivity index (χ4n) is 4.52. The molecule has 1 saturated carbocycles. The number of hydrogen-bond acceptors (Lipinski definition) is 6. The lowest BCUT2D eigenvalue weighted by Crippen LogP contribution is -2.49. The summed E-state index contributed by atoms with van der Waals surface area (Å²) in [6.07, 6.45) is 3.01. The Balaban J connectivity index is 1.40. The second-order valence-corrected chi connectivity index (χ2v) is 11.3. The molecule has 0 bridgehead atoms. The van der Waals surface area contributed by atoms with Crippen molar-refractivity contribution in [3.8, 4) is 5.75 Å². The van der Waals surface area contributed by atoms with Crippen LogP contribution in [0.5, 0.6) is 5.75 Å². The molecular formula is C22H29N3O6S. The summed E-state index contributed by atoms with van der Waals surface area (Å²) in [5.41, 5.74) is -0.0933. The standard InChI is InChI=1S/C22H29N3O6S/c1-22(11-9-15-3-7-18(31-2)8-4-15)20(27)24(21(28)23-22)13-19(26)25(16-5-6-16)17-10-12-32(29,30)14-17/h3-4,7-8,16-17H,5-6,9-14H2,1-2H3,(H,23,28)/t17-,22+/m1/s1. The lowest BCUT2D eigenvalue weighted by Gasteiger charge is -2.29.